The first-order valence-corrected chi connectivity index (χ1v) is 9.41. The minimum atomic E-state index is -0.365. The van der Waals surface area contributed by atoms with Crippen LogP contribution in [0.15, 0.2) is 42.7 Å². The first kappa shape index (κ1) is 18.2. The molecule has 0 bridgehead atoms. The van der Waals surface area contributed by atoms with Gasteiger partial charge in [0.05, 0.1) is 5.92 Å². The van der Waals surface area contributed by atoms with Crippen molar-refractivity contribution in [3.63, 3.8) is 0 Å². The lowest BCUT2D eigenvalue weighted by Crippen LogP contribution is -2.32. The summed E-state index contributed by atoms with van der Waals surface area (Å²) >= 11 is 0. The zero-order chi connectivity index (χ0) is 19.7. The number of hydrogen-bond donors (Lipinski definition) is 1. The van der Waals surface area contributed by atoms with Gasteiger partial charge in [0.15, 0.2) is 0 Å². The largest absolute Gasteiger partial charge is 0.352 e. The van der Waals surface area contributed by atoms with E-state index in [9.17, 15) is 14.4 Å². The molecule has 7 nitrogen and oxygen atoms in total. The normalized spacial score (nSPS) is 18.3. The number of hydrogen-bond acceptors (Lipinski definition) is 4. The summed E-state index contributed by atoms with van der Waals surface area (Å²) in [5.41, 5.74) is 3.73. The lowest BCUT2D eigenvalue weighted by molar-refractivity contribution is -0.126. The van der Waals surface area contributed by atoms with Gasteiger partial charge in [-0.2, -0.15) is 0 Å². The standard InChI is InChI=1S/C21H22N4O3/c1-14(26)24-9-6-16-10-18(2-3-19(16)24)25-13-17(11-20(25)27)21(28)23-12-15-4-7-22-8-5-15/h2-5,7-8,10,17H,6,9,11-13H2,1H3,(H,23,28)/t17-/m0/s1. The Morgan fingerprint density at radius 2 is 2.00 bits per heavy atom. The van der Waals surface area contributed by atoms with Crippen molar-refractivity contribution in [1.82, 2.24) is 10.3 Å². The van der Waals surface area contributed by atoms with E-state index in [1.54, 1.807) is 29.1 Å². The summed E-state index contributed by atoms with van der Waals surface area (Å²) in [4.78, 5) is 44.1. The Morgan fingerprint density at radius 3 is 2.75 bits per heavy atom. The Balaban J connectivity index is 1.42. The molecule has 3 amide bonds. The summed E-state index contributed by atoms with van der Waals surface area (Å²) in [6.45, 7) is 3.02. The third-order valence-electron chi connectivity index (χ3n) is 5.36. The summed E-state index contributed by atoms with van der Waals surface area (Å²) in [5, 5.41) is 2.90. The molecule has 2 aliphatic rings. The van der Waals surface area contributed by atoms with E-state index in [2.05, 4.69) is 10.3 Å². The highest BCUT2D eigenvalue weighted by Crippen LogP contribution is 2.34. The molecule has 0 unspecified atom stereocenters. The molecule has 1 aromatic carbocycles. The number of carbonyl (C=O) groups is 3. The molecule has 2 aromatic rings. The summed E-state index contributed by atoms with van der Waals surface area (Å²) in [7, 11) is 0. The van der Waals surface area contributed by atoms with Gasteiger partial charge in [0, 0.05) is 56.7 Å². The molecule has 4 rings (SSSR count). The van der Waals surface area contributed by atoms with Crippen molar-refractivity contribution in [2.75, 3.05) is 22.9 Å². The second-order valence-corrected chi connectivity index (χ2v) is 7.21. The third kappa shape index (κ3) is 3.47. The maximum atomic E-state index is 12.5. The predicted molar refractivity (Wildman–Crippen MR) is 105 cm³/mol. The van der Waals surface area contributed by atoms with Gasteiger partial charge in [0.25, 0.3) is 0 Å². The van der Waals surface area contributed by atoms with Crippen LogP contribution in [0.4, 0.5) is 11.4 Å². The minimum absolute atomic E-state index is 0.0229. The highest BCUT2D eigenvalue weighted by atomic mass is 16.2. The Bertz CT molecular complexity index is 929. The average Bonchev–Trinajstić information content (AvgIpc) is 3.30. The van der Waals surface area contributed by atoms with E-state index in [1.165, 1.54) is 0 Å². The van der Waals surface area contributed by atoms with Gasteiger partial charge in [-0.15, -0.1) is 0 Å². The number of amides is 3. The van der Waals surface area contributed by atoms with E-state index in [0.29, 0.717) is 19.6 Å². The van der Waals surface area contributed by atoms with Gasteiger partial charge in [-0.1, -0.05) is 0 Å². The Hall–Kier alpha value is -3.22. The van der Waals surface area contributed by atoms with Gasteiger partial charge in [0.2, 0.25) is 17.7 Å². The molecule has 28 heavy (non-hydrogen) atoms. The summed E-state index contributed by atoms with van der Waals surface area (Å²) < 4.78 is 0. The lowest BCUT2D eigenvalue weighted by atomic mass is 10.1. The van der Waals surface area contributed by atoms with E-state index >= 15 is 0 Å². The SMILES string of the molecule is CC(=O)N1CCc2cc(N3C[C@@H](C(=O)NCc4ccncc4)CC3=O)ccc21. The molecule has 0 aliphatic carbocycles. The van der Waals surface area contributed by atoms with Crippen molar-refractivity contribution in [1.29, 1.82) is 0 Å². The highest BCUT2D eigenvalue weighted by Gasteiger charge is 2.35. The Kier molecular flexibility index (Phi) is 4.81. The molecule has 144 valence electrons. The van der Waals surface area contributed by atoms with Crippen molar-refractivity contribution in [3.8, 4) is 0 Å². The topological polar surface area (TPSA) is 82.6 Å². The predicted octanol–water partition coefficient (Wildman–Crippen LogP) is 1.66. The van der Waals surface area contributed by atoms with Crippen LogP contribution >= 0.6 is 0 Å². The zero-order valence-electron chi connectivity index (χ0n) is 15.7. The maximum Gasteiger partial charge on any atom is 0.227 e. The van der Waals surface area contributed by atoms with E-state index in [4.69, 9.17) is 0 Å². The molecular formula is C21H22N4O3. The van der Waals surface area contributed by atoms with Crippen LogP contribution in [-0.4, -0.2) is 35.8 Å². The maximum absolute atomic E-state index is 12.5. The second-order valence-electron chi connectivity index (χ2n) is 7.21. The van der Waals surface area contributed by atoms with Crippen LogP contribution in [-0.2, 0) is 27.3 Å². The van der Waals surface area contributed by atoms with Gasteiger partial charge in [-0.05, 0) is 47.9 Å². The Labute approximate surface area is 163 Å². The number of nitrogens with one attached hydrogen (secondary N) is 1. The highest BCUT2D eigenvalue weighted by molar-refractivity contribution is 6.01. The monoisotopic (exact) mass is 378 g/mol. The number of pyridine rings is 1. The molecule has 1 N–H and O–H groups in total. The number of carbonyl (C=O) groups excluding carboxylic acids is 3. The second kappa shape index (κ2) is 7.42. The molecule has 0 saturated carbocycles. The Morgan fingerprint density at radius 1 is 1.21 bits per heavy atom. The van der Waals surface area contributed by atoms with Crippen LogP contribution < -0.4 is 15.1 Å². The van der Waals surface area contributed by atoms with Gasteiger partial charge in [-0.3, -0.25) is 19.4 Å². The quantitative estimate of drug-likeness (QED) is 0.877. The van der Waals surface area contributed by atoms with Crippen molar-refractivity contribution in [2.45, 2.75) is 26.3 Å². The summed E-state index contributed by atoms with van der Waals surface area (Å²) in [5.74, 6) is -0.506. The van der Waals surface area contributed by atoms with Gasteiger partial charge >= 0.3 is 0 Å². The van der Waals surface area contributed by atoms with Crippen molar-refractivity contribution in [2.24, 2.45) is 5.92 Å². The smallest absolute Gasteiger partial charge is 0.227 e. The van der Waals surface area contributed by atoms with Gasteiger partial charge in [0.1, 0.15) is 0 Å². The van der Waals surface area contributed by atoms with Crippen LogP contribution in [0.25, 0.3) is 0 Å². The fourth-order valence-corrected chi connectivity index (χ4v) is 3.85. The van der Waals surface area contributed by atoms with Gasteiger partial charge in [-0.25, -0.2) is 0 Å². The molecule has 1 atom stereocenters. The molecule has 0 spiro atoms. The number of anilines is 2. The average molecular weight is 378 g/mol. The first-order valence-electron chi connectivity index (χ1n) is 9.41. The van der Waals surface area contributed by atoms with E-state index in [1.807, 2.05) is 30.3 Å². The van der Waals surface area contributed by atoms with Crippen LogP contribution in [0.2, 0.25) is 0 Å². The third-order valence-corrected chi connectivity index (χ3v) is 5.36. The molecule has 1 saturated heterocycles. The molecule has 1 fully saturated rings. The fourth-order valence-electron chi connectivity index (χ4n) is 3.85. The molecule has 1 aromatic heterocycles. The molecule has 0 radical (unpaired) electrons. The van der Waals surface area contributed by atoms with E-state index < -0.39 is 0 Å². The number of aromatic nitrogens is 1. The number of nitrogens with zero attached hydrogens (tertiary/aromatic N) is 3. The first-order chi connectivity index (χ1) is 13.5. The molecule has 7 heteroatoms. The number of benzene rings is 1. The molecule has 3 heterocycles. The fraction of sp³-hybridized carbons (Fsp3) is 0.333. The van der Waals surface area contributed by atoms with Crippen LogP contribution in [0, 0.1) is 5.92 Å². The summed E-state index contributed by atoms with van der Waals surface area (Å²) in [6.07, 6.45) is 4.35. The van der Waals surface area contributed by atoms with E-state index in [-0.39, 0.29) is 30.1 Å². The molecule has 2 aliphatic heterocycles. The van der Waals surface area contributed by atoms with Crippen molar-refractivity contribution in [3.05, 3.63) is 53.9 Å². The van der Waals surface area contributed by atoms with Gasteiger partial charge < -0.3 is 15.1 Å². The molecular weight excluding hydrogens is 356 g/mol. The van der Waals surface area contributed by atoms with Crippen LogP contribution in [0.5, 0.6) is 0 Å². The van der Waals surface area contributed by atoms with Crippen LogP contribution in [0.3, 0.4) is 0 Å². The van der Waals surface area contributed by atoms with Crippen molar-refractivity contribution < 1.29 is 14.4 Å². The number of fused-ring (bicyclic) bond motifs is 1. The summed E-state index contributed by atoms with van der Waals surface area (Å²) in [6, 6.07) is 9.41. The minimum Gasteiger partial charge on any atom is -0.352 e. The lowest BCUT2D eigenvalue weighted by Gasteiger charge is -2.19. The zero-order valence-corrected chi connectivity index (χ0v) is 15.7. The van der Waals surface area contributed by atoms with E-state index in [0.717, 1.165) is 28.9 Å². The number of rotatable bonds is 4. The van der Waals surface area contributed by atoms with Crippen LogP contribution in [0.1, 0.15) is 24.5 Å². The van der Waals surface area contributed by atoms with Crippen molar-refractivity contribution >= 4 is 29.1 Å².